The highest BCUT2D eigenvalue weighted by Crippen LogP contribution is 2.33. The van der Waals surface area contributed by atoms with Crippen LogP contribution in [0.1, 0.15) is 32.1 Å². The Hall–Kier alpha value is -1.59. The summed E-state index contributed by atoms with van der Waals surface area (Å²) in [7, 11) is 1.64. The van der Waals surface area contributed by atoms with Crippen LogP contribution < -0.4 is 15.4 Å². The molecule has 1 amide bonds. The number of carbonyl (C=O) groups excluding carboxylic acids is 1. The van der Waals surface area contributed by atoms with Gasteiger partial charge in [0.25, 0.3) is 0 Å². The van der Waals surface area contributed by atoms with Gasteiger partial charge in [-0.3, -0.25) is 4.79 Å². The molecular formula is C18H26N2O3. The Balaban J connectivity index is 1.53. The zero-order chi connectivity index (χ0) is 16.1. The molecule has 0 aliphatic carbocycles. The molecule has 2 unspecified atom stereocenters. The second kappa shape index (κ2) is 7.79. The second-order valence-electron chi connectivity index (χ2n) is 6.57. The summed E-state index contributed by atoms with van der Waals surface area (Å²) in [6.45, 7) is 1.00. The molecule has 2 fully saturated rings. The van der Waals surface area contributed by atoms with Crippen LogP contribution in [0, 0.1) is 5.92 Å². The summed E-state index contributed by atoms with van der Waals surface area (Å²) < 4.78 is 10.7. The first kappa shape index (κ1) is 16.3. The average molecular weight is 318 g/mol. The van der Waals surface area contributed by atoms with Crippen molar-refractivity contribution >= 4 is 11.6 Å². The minimum Gasteiger partial charge on any atom is -0.489 e. The molecule has 1 aromatic rings. The van der Waals surface area contributed by atoms with Crippen molar-refractivity contribution in [1.82, 2.24) is 5.32 Å². The molecule has 23 heavy (non-hydrogen) atoms. The molecule has 0 saturated carbocycles. The maximum absolute atomic E-state index is 12.4. The van der Waals surface area contributed by atoms with Crippen LogP contribution in [0.4, 0.5) is 5.69 Å². The van der Waals surface area contributed by atoms with Gasteiger partial charge in [-0.25, -0.2) is 0 Å². The third-order valence-electron chi connectivity index (χ3n) is 4.75. The Kier molecular flexibility index (Phi) is 5.51. The quantitative estimate of drug-likeness (QED) is 0.759. The van der Waals surface area contributed by atoms with E-state index in [2.05, 4.69) is 10.6 Å². The molecule has 1 aromatic carbocycles. The van der Waals surface area contributed by atoms with Crippen LogP contribution in [0.5, 0.6) is 5.75 Å². The molecule has 2 N–H and O–H groups in total. The van der Waals surface area contributed by atoms with E-state index in [1.165, 1.54) is 12.8 Å². The Morgan fingerprint density at radius 2 is 1.96 bits per heavy atom. The second-order valence-corrected chi connectivity index (χ2v) is 6.57. The van der Waals surface area contributed by atoms with Gasteiger partial charge in [-0.05, 0) is 43.7 Å². The van der Waals surface area contributed by atoms with E-state index in [-0.39, 0.29) is 5.91 Å². The topological polar surface area (TPSA) is 59.6 Å². The molecule has 5 nitrogen and oxygen atoms in total. The lowest BCUT2D eigenvalue weighted by Gasteiger charge is -2.28. The fourth-order valence-electron chi connectivity index (χ4n) is 3.74. The summed E-state index contributed by atoms with van der Waals surface area (Å²) in [6.07, 6.45) is 5.37. The SMILES string of the molecule is COCCOc1ccccc1NC(=O)CC1CC2CCC(C1)N2. The van der Waals surface area contributed by atoms with E-state index < -0.39 is 0 Å². The van der Waals surface area contributed by atoms with Crippen LogP contribution >= 0.6 is 0 Å². The number of amides is 1. The first-order chi connectivity index (χ1) is 11.2. The number of nitrogens with one attached hydrogen (secondary N) is 2. The van der Waals surface area contributed by atoms with E-state index in [9.17, 15) is 4.79 Å². The van der Waals surface area contributed by atoms with E-state index in [4.69, 9.17) is 9.47 Å². The predicted molar refractivity (Wildman–Crippen MR) is 89.7 cm³/mol. The van der Waals surface area contributed by atoms with Gasteiger partial charge in [-0.2, -0.15) is 0 Å². The van der Waals surface area contributed by atoms with Crippen molar-refractivity contribution in [1.29, 1.82) is 0 Å². The summed E-state index contributed by atoms with van der Waals surface area (Å²) in [5.41, 5.74) is 0.741. The third-order valence-corrected chi connectivity index (χ3v) is 4.75. The van der Waals surface area contributed by atoms with Crippen LogP contribution in [0.15, 0.2) is 24.3 Å². The molecule has 126 valence electrons. The lowest BCUT2D eigenvalue weighted by atomic mass is 9.89. The molecule has 2 saturated heterocycles. The number of methoxy groups -OCH3 is 1. The van der Waals surface area contributed by atoms with Crippen molar-refractivity contribution in [3.63, 3.8) is 0 Å². The van der Waals surface area contributed by atoms with Crippen LogP contribution in [-0.4, -0.2) is 38.3 Å². The number of hydrogen-bond acceptors (Lipinski definition) is 4. The fourth-order valence-corrected chi connectivity index (χ4v) is 3.74. The highest BCUT2D eigenvalue weighted by atomic mass is 16.5. The number of rotatable bonds is 7. The number of para-hydroxylation sites is 2. The minimum absolute atomic E-state index is 0.0825. The molecule has 0 aromatic heterocycles. The van der Waals surface area contributed by atoms with Crippen molar-refractivity contribution in [3.8, 4) is 5.75 Å². The molecule has 2 aliphatic rings. The Morgan fingerprint density at radius 3 is 2.70 bits per heavy atom. The molecule has 0 spiro atoms. The monoisotopic (exact) mass is 318 g/mol. The molecule has 5 heteroatoms. The van der Waals surface area contributed by atoms with Gasteiger partial charge < -0.3 is 20.1 Å². The normalized spacial score (nSPS) is 26.0. The lowest BCUT2D eigenvalue weighted by molar-refractivity contribution is -0.117. The summed E-state index contributed by atoms with van der Waals surface area (Å²) in [4.78, 5) is 12.4. The van der Waals surface area contributed by atoms with Crippen LogP contribution in [0.25, 0.3) is 0 Å². The molecule has 2 aliphatic heterocycles. The first-order valence-electron chi connectivity index (χ1n) is 8.51. The number of hydrogen-bond donors (Lipinski definition) is 2. The molecular weight excluding hydrogens is 292 g/mol. The summed E-state index contributed by atoms with van der Waals surface area (Å²) >= 11 is 0. The molecule has 2 bridgehead atoms. The van der Waals surface area contributed by atoms with Crippen molar-refractivity contribution in [2.75, 3.05) is 25.6 Å². The molecule has 3 rings (SSSR count). The fraction of sp³-hybridized carbons (Fsp3) is 0.611. The van der Waals surface area contributed by atoms with Gasteiger partial charge in [-0.15, -0.1) is 0 Å². The van der Waals surface area contributed by atoms with Crippen molar-refractivity contribution in [2.45, 2.75) is 44.2 Å². The Bertz CT molecular complexity index is 523. The third kappa shape index (κ3) is 4.45. The average Bonchev–Trinajstić information content (AvgIpc) is 2.88. The van der Waals surface area contributed by atoms with Crippen LogP contribution in [-0.2, 0) is 9.53 Å². The molecule has 0 radical (unpaired) electrons. The summed E-state index contributed by atoms with van der Waals surface area (Å²) in [5.74, 6) is 1.28. The van der Waals surface area contributed by atoms with Crippen molar-refractivity contribution < 1.29 is 14.3 Å². The van der Waals surface area contributed by atoms with E-state index in [0.29, 0.717) is 43.4 Å². The maximum Gasteiger partial charge on any atom is 0.224 e. The van der Waals surface area contributed by atoms with Crippen LogP contribution in [0.2, 0.25) is 0 Å². The predicted octanol–water partition coefficient (Wildman–Crippen LogP) is 2.57. The molecule has 2 atom stereocenters. The lowest BCUT2D eigenvalue weighted by Crippen LogP contribution is -2.39. The number of fused-ring (bicyclic) bond motifs is 2. The number of anilines is 1. The van der Waals surface area contributed by atoms with Gasteiger partial charge in [-0.1, -0.05) is 12.1 Å². The van der Waals surface area contributed by atoms with Gasteiger partial charge >= 0.3 is 0 Å². The standard InChI is InChI=1S/C18H26N2O3/c1-22-8-9-23-17-5-3-2-4-16(17)20-18(21)12-13-10-14-6-7-15(11-13)19-14/h2-5,13-15,19H,6-12H2,1H3,(H,20,21). The van der Waals surface area contributed by atoms with Crippen molar-refractivity contribution in [3.05, 3.63) is 24.3 Å². The van der Waals surface area contributed by atoms with E-state index in [0.717, 1.165) is 18.5 Å². The summed E-state index contributed by atoms with van der Waals surface area (Å²) in [6, 6.07) is 8.81. The zero-order valence-corrected chi connectivity index (χ0v) is 13.7. The summed E-state index contributed by atoms with van der Waals surface area (Å²) in [5, 5.41) is 6.63. The molecule has 2 heterocycles. The Labute approximate surface area is 137 Å². The number of benzene rings is 1. The highest BCUT2D eigenvalue weighted by Gasteiger charge is 2.34. The number of carbonyl (C=O) groups is 1. The van der Waals surface area contributed by atoms with Crippen LogP contribution in [0.3, 0.4) is 0 Å². The Morgan fingerprint density at radius 1 is 1.22 bits per heavy atom. The van der Waals surface area contributed by atoms with Gasteiger partial charge in [0.15, 0.2) is 0 Å². The smallest absolute Gasteiger partial charge is 0.224 e. The van der Waals surface area contributed by atoms with Gasteiger partial charge in [0.2, 0.25) is 5.91 Å². The number of piperidine rings is 1. The maximum atomic E-state index is 12.4. The minimum atomic E-state index is 0.0825. The van der Waals surface area contributed by atoms with Gasteiger partial charge in [0.05, 0.1) is 12.3 Å². The van der Waals surface area contributed by atoms with Gasteiger partial charge in [0.1, 0.15) is 12.4 Å². The van der Waals surface area contributed by atoms with E-state index in [1.54, 1.807) is 7.11 Å². The van der Waals surface area contributed by atoms with Crippen molar-refractivity contribution in [2.24, 2.45) is 5.92 Å². The number of ether oxygens (including phenoxy) is 2. The van der Waals surface area contributed by atoms with E-state index in [1.807, 2.05) is 24.3 Å². The van der Waals surface area contributed by atoms with Gasteiger partial charge in [0, 0.05) is 25.6 Å². The largest absolute Gasteiger partial charge is 0.489 e. The van der Waals surface area contributed by atoms with E-state index >= 15 is 0 Å². The zero-order valence-electron chi connectivity index (χ0n) is 13.7. The first-order valence-corrected chi connectivity index (χ1v) is 8.51. The highest BCUT2D eigenvalue weighted by molar-refractivity contribution is 5.92.